The van der Waals surface area contributed by atoms with Crippen LogP contribution in [-0.4, -0.2) is 56.4 Å². The molecule has 1 aliphatic rings. The van der Waals surface area contributed by atoms with Crippen molar-refractivity contribution in [3.05, 3.63) is 52.0 Å². The number of rotatable bonds is 3. The van der Waals surface area contributed by atoms with E-state index in [0.717, 1.165) is 24.6 Å². The molecule has 0 bridgehead atoms. The third kappa shape index (κ3) is 2.99. The largest absolute Gasteiger partial charge is 0.337 e. The van der Waals surface area contributed by atoms with Gasteiger partial charge in [-0.1, -0.05) is 6.92 Å². The Morgan fingerprint density at radius 3 is 2.79 bits per heavy atom. The number of hydrogen-bond acceptors (Lipinski definition) is 4. The first kappa shape index (κ1) is 16.4. The zero-order chi connectivity index (χ0) is 17.3. The molecule has 2 aromatic heterocycles. The molecule has 3 heterocycles. The topological polar surface area (TPSA) is 74.2 Å². The number of amides is 1. The molecule has 1 atom stereocenters. The molecule has 1 aliphatic heterocycles. The lowest BCUT2D eigenvalue weighted by atomic mass is 10.1. The van der Waals surface area contributed by atoms with E-state index in [1.807, 2.05) is 17.8 Å². The molecular formula is C17H23N5O2. The van der Waals surface area contributed by atoms with Crippen molar-refractivity contribution in [3.63, 3.8) is 0 Å². The van der Waals surface area contributed by atoms with Gasteiger partial charge in [0, 0.05) is 44.8 Å². The van der Waals surface area contributed by atoms with E-state index in [2.05, 4.69) is 21.8 Å². The summed E-state index contributed by atoms with van der Waals surface area (Å²) in [5.74, 6) is 0.721. The average Bonchev–Trinajstić information content (AvgIpc) is 2.99. The molecule has 2 aromatic rings. The number of aromatic amines is 1. The van der Waals surface area contributed by atoms with E-state index in [-0.39, 0.29) is 23.1 Å². The van der Waals surface area contributed by atoms with Crippen LogP contribution in [0.25, 0.3) is 0 Å². The number of nitrogens with one attached hydrogen (secondary N) is 1. The minimum Gasteiger partial charge on any atom is -0.337 e. The molecule has 128 valence electrons. The van der Waals surface area contributed by atoms with Gasteiger partial charge in [-0.2, -0.15) is 0 Å². The molecule has 1 amide bonds. The highest BCUT2D eigenvalue weighted by atomic mass is 16.2. The van der Waals surface area contributed by atoms with Crippen LogP contribution >= 0.6 is 0 Å². The van der Waals surface area contributed by atoms with E-state index >= 15 is 0 Å². The van der Waals surface area contributed by atoms with Gasteiger partial charge in [0.25, 0.3) is 11.5 Å². The van der Waals surface area contributed by atoms with E-state index in [1.54, 1.807) is 30.2 Å². The molecule has 0 aliphatic carbocycles. The number of carbonyl (C=O) groups excluding carboxylic acids is 1. The van der Waals surface area contributed by atoms with Gasteiger partial charge in [-0.15, -0.1) is 0 Å². The van der Waals surface area contributed by atoms with E-state index in [0.29, 0.717) is 13.1 Å². The molecule has 3 rings (SSSR count). The number of aryl methyl sites for hydroxylation is 2. The molecule has 1 saturated heterocycles. The summed E-state index contributed by atoms with van der Waals surface area (Å²) in [5.41, 5.74) is 0.619. The molecule has 7 heteroatoms. The third-order valence-corrected chi connectivity index (χ3v) is 4.63. The number of piperazine rings is 1. The summed E-state index contributed by atoms with van der Waals surface area (Å²) >= 11 is 0. The van der Waals surface area contributed by atoms with Crippen LogP contribution in [0, 0.1) is 6.92 Å². The van der Waals surface area contributed by atoms with Crippen molar-refractivity contribution < 1.29 is 4.79 Å². The minimum atomic E-state index is -0.327. The van der Waals surface area contributed by atoms with Gasteiger partial charge in [0.1, 0.15) is 11.4 Å². The molecule has 7 nitrogen and oxygen atoms in total. The number of nitrogens with zero attached hydrogens (tertiary/aromatic N) is 4. The molecule has 0 aromatic carbocycles. The second-order valence-corrected chi connectivity index (χ2v) is 6.18. The van der Waals surface area contributed by atoms with Crippen LogP contribution in [0.3, 0.4) is 0 Å². The average molecular weight is 329 g/mol. The molecule has 0 saturated carbocycles. The number of pyridine rings is 1. The number of likely N-dealkylation sites (N-methyl/N-ethyl adjacent to an activating group) is 1. The van der Waals surface area contributed by atoms with Crippen LogP contribution in [0.1, 0.15) is 34.8 Å². The summed E-state index contributed by atoms with van der Waals surface area (Å²) in [4.78, 5) is 36.1. The Morgan fingerprint density at radius 2 is 2.17 bits per heavy atom. The minimum absolute atomic E-state index is 0.0391. The van der Waals surface area contributed by atoms with Crippen molar-refractivity contribution in [2.45, 2.75) is 19.9 Å². The van der Waals surface area contributed by atoms with Gasteiger partial charge in [-0.25, -0.2) is 4.98 Å². The van der Waals surface area contributed by atoms with E-state index in [1.165, 1.54) is 0 Å². The predicted molar refractivity (Wildman–Crippen MR) is 90.9 cm³/mol. The van der Waals surface area contributed by atoms with Crippen LogP contribution in [-0.2, 0) is 7.05 Å². The number of aromatic nitrogens is 3. The summed E-state index contributed by atoms with van der Waals surface area (Å²) in [6.07, 6.45) is 3.68. The Labute approximate surface area is 140 Å². The lowest BCUT2D eigenvalue weighted by Crippen LogP contribution is -2.51. The summed E-state index contributed by atoms with van der Waals surface area (Å²) < 4.78 is 1.99. The maximum atomic E-state index is 12.8. The van der Waals surface area contributed by atoms with Crippen LogP contribution in [0.5, 0.6) is 0 Å². The van der Waals surface area contributed by atoms with Gasteiger partial charge in [0.05, 0.1) is 6.04 Å². The molecule has 0 spiro atoms. The second-order valence-electron chi connectivity index (χ2n) is 6.18. The summed E-state index contributed by atoms with van der Waals surface area (Å²) in [6.45, 7) is 6.71. The smallest absolute Gasteiger partial charge is 0.260 e. The number of imidazole rings is 1. The highest BCUT2D eigenvalue weighted by molar-refractivity contribution is 5.94. The van der Waals surface area contributed by atoms with E-state index in [9.17, 15) is 9.59 Å². The van der Waals surface area contributed by atoms with Gasteiger partial charge >= 0.3 is 0 Å². The van der Waals surface area contributed by atoms with Gasteiger partial charge in [0.2, 0.25) is 0 Å². The SMILES string of the molecule is CCN1CCN(C(=O)c2ccc(C)[nH]c2=O)C[C@H]1c1nccn1C. The van der Waals surface area contributed by atoms with Crippen molar-refractivity contribution in [3.8, 4) is 0 Å². The first-order valence-electron chi connectivity index (χ1n) is 8.21. The van der Waals surface area contributed by atoms with Gasteiger partial charge in [0.15, 0.2) is 0 Å². The molecular weight excluding hydrogens is 306 g/mol. The van der Waals surface area contributed by atoms with Gasteiger partial charge in [-0.05, 0) is 25.6 Å². The Kier molecular flexibility index (Phi) is 4.53. The normalized spacial score (nSPS) is 18.8. The van der Waals surface area contributed by atoms with Gasteiger partial charge in [-0.3, -0.25) is 14.5 Å². The number of carbonyl (C=O) groups is 1. The van der Waals surface area contributed by atoms with Crippen LogP contribution in [0.4, 0.5) is 0 Å². The molecule has 0 unspecified atom stereocenters. The molecule has 1 N–H and O–H groups in total. The van der Waals surface area contributed by atoms with Crippen molar-refractivity contribution in [2.75, 3.05) is 26.2 Å². The summed E-state index contributed by atoms with van der Waals surface area (Å²) in [7, 11) is 1.96. The second kappa shape index (κ2) is 6.60. The predicted octanol–water partition coefficient (Wildman–Crippen LogP) is 0.936. The maximum Gasteiger partial charge on any atom is 0.260 e. The standard InChI is InChI=1S/C17H23N5O2/c1-4-21-9-10-22(11-14(21)15-18-7-8-20(15)3)17(24)13-6-5-12(2)19-16(13)23/h5-8,14H,4,9-11H2,1-3H3,(H,19,23)/t14-/m0/s1. The van der Waals surface area contributed by atoms with Crippen LogP contribution in [0.2, 0.25) is 0 Å². The fourth-order valence-electron chi connectivity index (χ4n) is 3.24. The van der Waals surface area contributed by atoms with Crippen molar-refractivity contribution in [1.29, 1.82) is 0 Å². The highest BCUT2D eigenvalue weighted by Crippen LogP contribution is 2.24. The molecule has 1 fully saturated rings. The first-order valence-corrected chi connectivity index (χ1v) is 8.21. The van der Waals surface area contributed by atoms with Gasteiger partial charge < -0.3 is 14.5 Å². The van der Waals surface area contributed by atoms with E-state index in [4.69, 9.17) is 0 Å². The van der Waals surface area contributed by atoms with E-state index < -0.39 is 0 Å². The van der Waals surface area contributed by atoms with Crippen molar-refractivity contribution >= 4 is 5.91 Å². The monoisotopic (exact) mass is 329 g/mol. The summed E-state index contributed by atoms with van der Waals surface area (Å²) in [6, 6.07) is 3.41. The summed E-state index contributed by atoms with van der Waals surface area (Å²) in [5, 5.41) is 0. The van der Waals surface area contributed by atoms with Crippen LogP contribution in [0.15, 0.2) is 29.3 Å². The Balaban J connectivity index is 1.86. The molecule has 0 radical (unpaired) electrons. The Morgan fingerprint density at radius 1 is 1.38 bits per heavy atom. The zero-order valence-corrected chi connectivity index (χ0v) is 14.3. The number of hydrogen-bond donors (Lipinski definition) is 1. The quantitative estimate of drug-likeness (QED) is 0.909. The third-order valence-electron chi connectivity index (χ3n) is 4.63. The highest BCUT2D eigenvalue weighted by Gasteiger charge is 2.32. The maximum absolute atomic E-state index is 12.8. The lowest BCUT2D eigenvalue weighted by molar-refractivity contribution is 0.0471. The van der Waals surface area contributed by atoms with Crippen molar-refractivity contribution in [2.24, 2.45) is 7.05 Å². The fourth-order valence-corrected chi connectivity index (χ4v) is 3.24. The molecule has 24 heavy (non-hydrogen) atoms. The van der Waals surface area contributed by atoms with Crippen molar-refractivity contribution in [1.82, 2.24) is 24.3 Å². The number of H-pyrrole nitrogens is 1. The Hall–Kier alpha value is -2.41. The first-order chi connectivity index (χ1) is 11.5. The lowest BCUT2D eigenvalue weighted by Gasteiger charge is -2.40. The van der Waals surface area contributed by atoms with Crippen LogP contribution < -0.4 is 5.56 Å². The Bertz CT molecular complexity index is 794. The zero-order valence-electron chi connectivity index (χ0n) is 14.3. The fraction of sp³-hybridized carbons (Fsp3) is 0.471.